The zero-order valence-corrected chi connectivity index (χ0v) is 10.5. The fraction of sp³-hybridized carbons (Fsp3) is 0.900. The number of unbranched alkanes of at least 4 members (excludes halogenated alkanes) is 1. The van der Waals surface area contributed by atoms with Crippen LogP contribution in [0.15, 0.2) is 0 Å². The lowest BCUT2D eigenvalue weighted by molar-refractivity contribution is -0.132. The Balaban J connectivity index is 2.44. The van der Waals surface area contributed by atoms with E-state index in [0.29, 0.717) is 19.5 Å². The summed E-state index contributed by atoms with van der Waals surface area (Å²) in [4.78, 5) is 13.4. The first kappa shape index (κ1) is 13.4. The van der Waals surface area contributed by atoms with Gasteiger partial charge in [-0.15, -0.1) is 0 Å². The fourth-order valence-corrected chi connectivity index (χ4v) is 2.92. The number of carbonyl (C=O) groups is 1. The molecule has 1 atom stereocenters. The maximum Gasteiger partial charge on any atom is 0.239 e. The Bertz CT molecular complexity index is 326. The standard InChI is InChI=1S/C10H20N2O3S/c1-2-3-4-9(11)10(13)12-5-7-16(14,15)8-6-12/h9H,2-8,11H2,1H3. The van der Waals surface area contributed by atoms with Crippen molar-refractivity contribution in [2.75, 3.05) is 24.6 Å². The van der Waals surface area contributed by atoms with E-state index in [-0.39, 0.29) is 17.4 Å². The molecule has 94 valence electrons. The molecule has 0 aliphatic carbocycles. The number of hydrogen-bond acceptors (Lipinski definition) is 4. The molecule has 5 nitrogen and oxygen atoms in total. The van der Waals surface area contributed by atoms with Crippen LogP contribution in [0.25, 0.3) is 0 Å². The number of carbonyl (C=O) groups excluding carboxylic acids is 1. The van der Waals surface area contributed by atoms with Crippen LogP contribution in [0.2, 0.25) is 0 Å². The second kappa shape index (κ2) is 5.63. The molecule has 0 aromatic rings. The van der Waals surface area contributed by atoms with Gasteiger partial charge in [-0.1, -0.05) is 19.8 Å². The van der Waals surface area contributed by atoms with E-state index in [4.69, 9.17) is 5.73 Å². The highest BCUT2D eigenvalue weighted by atomic mass is 32.2. The highest BCUT2D eigenvalue weighted by Crippen LogP contribution is 2.08. The molecule has 1 aliphatic heterocycles. The van der Waals surface area contributed by atoms with Crippen molar-refractivity contribution in [1.82, 2.24) is 4.90 Å². The number of amides is 1. The molecule has 1 aliphatic rings. The van der Waals surface area contributed by atoms with Crippen molar-refractivity contribution in [3.8, 4) is 0 Å². The number of rotatable bonds is 4. The van der Waals surface area contributed by atoms with Gasteiger partial charge in [0.2, 0.25) is 5.91 Å². The van der Waals surface area contributed by atoms with Crippen molar-refractivity contribution in [3.05, 3.63) is 0 Å². The second-order valence-corrected chi connectivity index (χ2v) is 6.53. The third-order valence-electron chi connectivity index (χ3n) is 2.84. The Morgan fingerprint density at radius 1 is 1.38 bits per heavy atom. The van der Waals surface area contributed by atoms with Gasteiger partial charge in [0.25, 0.3) is 0 Å². The average Bonchev–Trinajstić information content (AvgIpc) is 2.25. The van der Waals surface area contributed by atoms with E-state index in [2.05, 4.69) is 0 Å². The van der Waals surface area contributed by atoms with E-state index in [0.717, 1.165) is 12.8 Å². The van der Waals surface area contributed by atoms with Gasteiger partial charge in [-0.05, 0) is 6.42 Å². The minimum absolute atomic E-state index is 0.0687. The Hall–Kier alpha value is -0.620. The zero-order chi connectivity index (χ0) is 12.2. The van der Waals surface area contributed by atoms with Gasteiger partial charge in [-0.3, -0.25) is 4.79 Å². The van der Waals surface area contributed by atoms with Crippen molar-refractivity contribution < 1.29 is 13.2 Å². The third kappa shape index (κ3) is 3.75. The molecule has 1 rings (SSSR count). The normalized spacial score (nSPS) is 21.8. The molecule has 2 N–H and O–H groups in total. The Morgan fingerprint density at radius 2 is 1.94 bits per heavy atom. The van der Waals surface area contributed by atoms with Gasteiger partial charge in [0.05, 0.1) is 17.5 Å². The van der Waals surface area contributed by atoms with Crippen molar-refractivity contribution in [3.63, 3.8) is 0 Å². The summed E-state index contributed by atoms with van der Waals surface area (Å²) in [5.41, 5.74) is 5.76. The van der Waals surface area contributed by atoms with Gasteiger partial charge in [0, 0.05) is 13.1 Å². The predicted molar refractivity (Wildman–Crippen MR) is 62.7 cm³/mol. The molecule has 0 saturated carbocycles. The van der Waals surface area contributed by atoms with E-state index >= 15 is 0 Å². The fourth-order valence-electron chi connectivity index (χ4n) is 1.71. The lowest BCUT2D eigenvalue weighted by Crippen LogP contribution is -2.50. The molecule has 1 unspecified atom stereocenters. The van der Waals surface area contributed by atoms with Crippen LogP contribution >= 0.6 is 0 Å². The lowest BCUT2D eigenvalue weighted by atomic mass is 10.1. The van der Waals surface area contributed by atoms with Crippen LogP contribution in [0.1, 0.15) is 26.2 Å². The van der Waals surface area contributed by atoms with Gasteiger partial charge in [-0.2, -0.15) is 0 Å². The van der Waals surface area contributed by atoms with Crippen LogP contribution in [0.3, 0.4) is 0 Å². The Labute approximate surface area is 96.9 Å². The number of sulfone groups is 1. The monoisotopic (exact) mass is 248 g/mol. The van der Waals surface area contributed by atoms with Gasteiger partial charge in [0.1, 0.15) is 0 Å². The van der Waals surface area contributed by atoms with E-state index in [9.17, 15) is 13.2 Å². The molecule has 0 aromatic carbocycles. The van der Waals surface area contributed by atoms with E-state index < -0.39 is 15.9 Å². The maximum atomic E-state index is 11.8. The highest BCUT2D eigenvalue weighted by Gasteiger charge is 2.27. The van der Waals surface area contributed by atoms with E-state index in [1.54, 1.807) is 4.90 Å². The van der Waals surface area contributed by atoms with Gasteiger partial charge >= 0.3 is 0 Å². The van der Waals surface area contributed by atoms with Crippen LogP contribution < -0.4 is 5.73 Å². The maximum absolute atomic E-state index is 11.8. The molecule has 1 heterocycles. The molecule has 1 saturated heterocycles. The first-order chi connectivity index (χ1) is 7.46. The largest absolute Gasteiger partial charge is 0.339 e. The summed E-state index contributed by atoms with van der Waals surface area (Å²) in [6.07, 6.45) is 2.62. The molecule has 16 heavy (non-hydrogen) atoms. The molecule has 1 amide bonds. The summed E-state index contributed by atoms with van der Waals surface area (Å²) in [5.74, 6) is 0.0294. The summed E-state index contributed by atoms with van der Waals surface area (Å²) < 4.78 is 22.4. The van der Waals surface area contributed by atoms with Gasteiger partial charge in [0.15, 0.2) is 9.84 Å². The molecular formula is C10H20N2O3S. The number of nitrogens with zero attached hydrogens (tertiary/aromatic N) is 1. The summed E-state index contributed by atoms with van der Waals surface area (Å²) >= 11 is 0. The molecule has 0 radical (unpaired) electrons. The summed E-state index contributed by atoms with van der Waals surface area (Å²) in [7, 11) is -2.93. The molecule has 0 bridgehead atoms. The van der Waals surface area contributed by atoms with Crippen LogP contribution in [-0.4, -0.2) is 49.9 Å². The third-order valence-corrected chi connectivity index (χ3v) is 4.45. The smallest absolute Gasteiger partial charge is 0.239 e. The van der Waals surface area contributed by atoms with Crippen LogP contribution in [0, 0.1) is 0 Å². The summed E-state index contributed by atoms with van der Waals surface area (Å²) in [6, 6.07) is -0.472. The van der Waals surface area contributed by atoms with Gasteiger partial charge < -0.3 is 10.6 Å². The highest BCUT2D eigenvalue weighted by molar-refractivity contribution is 7.91. The number of hydrogen-bond donors (Lipinski definition) is 1. The van der Waals surface area contributed by atoms with E-state index in [1.807, 2.05) is 6.92 Å². The van der Waals surface area contributed by atoms with Crippen molar-refractivity contribution >= 4 is 15.7 Å². The molecule has 0 aromatic heterocycles. The molecule has 0 spiro atoms. The van der Waals surface area contributed by atoms with Gasteiger partial charge in [-0.25, -0.2) is 8.42 Å². The predicted octanol–water partition coefficient (Wildman–Crippen LogP) is -0.239. The first-order valence-corrected chi connectivity index (χ1v) is 7.53. The average molecular weight is 248 g/mol. The minimum Gasteiger partial charge on any atom is -0.339 e. The Kier molecular flexibility index (Phi) is 4.73. The molecule has 6 heteroatoms. The molecule has 1 fully saturated rings. The van der Waals surface area contributed by atoms with Crippen molar-refractivity contribution in [1.29, 1.82) is 0 Å². The second-order valence-electron chi connectivity index (χ2n) is 4.23. The first-order valence-electron chi connectivity index (χ1n) is 5.71. The van der Waals surface area contributed by atoms with Crippen LogP contribution in [0.4, 0.5) is 0 Å². The SMILES string of the molecule is CCCCC(N)C(=O)N1CCS(=O)(=O)CC1. The van der Waals surface area contributed by atoms with E-state index in [1.165, 1.54) is 0 Å². The quantitative estimate of drug-likeness (QED) is 0.744. The minimum atomic E-state index is -2.93. The lowest BCUT2D eigenvalue weighted by Gasteiger charge is -2.29. The van der Waals surface area contributed by atoms with Crippen molar-refractivity contribution in [2.45, 2.75) is 32.2 Å². The summed E-state index contributed by atoms with van der Waals surface area (Å²) in [5, 5.41) is 0. The van der Waals surface area contributed by atoms with Crippen LogP contribution in [0.5, 0.6) is 0 Å². The van der Waals surface area contributed by atoms with Crippen molar-refractivity contribution in [2.24, 2.45) is 5.73 Å². The topological polar surface area (TPSA) is 80.5 Å². The molecular weight excluding hydrogens is 228 g/mol. The summed E-state index contributed by atoms with van der Waals surface area (Å²) in [6.45, 7) is 2.63. The Morgan fingerprint density at radius 3 is 2.44 bits per heavy atom. The van der Waals surface area contributed by atoms with Crippen LogP contribution in [-0.2, 0) is 14.6 Å². The number of nitrogens with two attached hydrogens (primary N) is 1. The zero-order valence-electron chi connectivity index (χ0n) is 9.68.